The fourth-order valence-electron chi connectivity index (χ4n) is 6.51. The Morgan fingerprint density at radius 1 is 0.921 bits per heavy atom. The molecule has 1 spiro atoms. The normalized spacial score (nSPS) is 22.8. The fraction of sp³-hybridized carbons (Fsp3) is 0.516. The summed E-state index contributed by atoms with van der Waals surface area (Å²) in [6.45, 7) is 3.01. The Kier molecular flexibility index (Phi) is 8.01. The van der Waals surface area contributed by atoms with Crippen LogP contribution in [-0.4, -0.2) is 66.9 Å². The van der Waals surface area contributed by atoms with Crippen LogP contribution in [0.1, 0.15) is 60.9 Å². The van der Waals surface area contributed by atoms with Gasteiger partial charge in [0.25, 0.3) is 5.91 Å². The minimum absolute atomic E-state index is 0.0971. The zero-order valence-corrected chi connectivity index (χ0v) is 22.4. The van der Waals surface area contributed by atoms with Crippen LogP contribution in [0.5, 0.6) is 5.75 Å². The summed E-state index contributed by atoms with van der Waals surface area (Å²) in [7, 11) is 1.63. The third kappa shape index (κ3) is 5.87. The Morgan fingerprint density at radius 2 is 1.63 bits per heavy atom. The Morgan fingerprint density at radius 3 is 2.37 bits per heavy atom. The van der Waals surface area contributed by atoms with Crippen LogP contribution in [0.2, 0.25) is 0 Å². The van der Waals surface area contributed by atoms with Crippen LogP contribution in [0, 0.1) is 11.3 Å². The summed E-state index contributed by atoms with van der Waals surface area (Å²) in [5.74, 6) is 0.855. The lowest BCUT2D eigenvalue weighted by atomic mass is 9.77. The molecule has 0 radical (unpaired) electrons. The summed E-state index contributed by atoms with van der Waals surface area (Å²) in [6, 6.07) is 16.8. The minimum atomic E-state index is -0.156. The van der Waals surface area contributed by atoms with Crippen molar-refractivity contribution in [1.82, 2.24) is 15.1 Å². The van der Waals surface area contributed by atoms with E-state index in [0.717, 1.165) is 82.4 Å². The third-order valence-corrected chi connectivity index (χ3v) is 8.85. The van der Waals surface area contributed by atoms with Crippen LogP contribution in [0.15, 0.2) is 54.6 Å². The van der Waals surface area contributed by atoms with Crippen molar-refractivity contribution in [2.24, 2.45) is 11.3 Å². The first-order chi connectivity index (χ1) is 18.5. The number of benzene rings is 2. The second kappa shape index (κ2) is 11.6. The lowest BCUT2D eigenvalue weighted by molar-refractivity contribution is -0.138. The van der Waals surface area contributed by atoms with Crippen molar-refractivity contribution in [3.05, 3.63) is 65.7 Å². The van der Waals surface area contributed by atoms with Gasteiger partial charge in [-0.1, -0.05) is 43.2 Å². The van der Waals surface area contributed by atoms with E-state index < -0.39 is 0 Å². The smallest absolute Gasteiger partial charge is 0.251 e. The van der Waals surface area contributed by atoms with Crippen LogP contribution in [0.4, 0.5) is 0 Å². The predicted molar refractivity (Wildman–Crippen MR) is 146 cm³/mol. The highest BCUT2D eigenvalue weighted by molar-refractivity contribution is 5.94. The molecule has 38 heavy (non-hydrogen) atoms. The van der Waals surface area contributed by atoms with Crippen LogP contribution in [-0.2, 0) is 16.0 Å². The summed E-state index contributed by atoms with van der Waals surface area (Å²) >= 11 is 0. The second-order valence-electron chi connectivity index (χ2n) is 11.3. The van der Waals surface area contributed by atoms with Gasteiger partial charge in [-0.25, -0.2) is 0 Å². The van der Waals surface area contributed by atoms with E-state index in [2.05, 4.69) is 5.32 Å². The van der Waals surface area contributed by atoms with Gasteiger partial charge in [0.05, 0.1) is 19.4 Å². The average molecular weight is 518 g/mol. The number of piperidine rings is 1. The number of nitrogens with zero attached hydrogens (tertiary/aromatic N) is 2. The number of methoxy groups -OCH3 is 1. The zero-order chi connectivity index (χ0) is 26.5. The molecular formula is C31H39N3O4. The Labute approximate surface area is 225 Å². The van der Waals surface area contributed by atoms with E-state index in [1.165, 1.54) is 0 Å². The van der Waals surface area contributed by atoms with Gasteiger partial charge in [-0.15, -0.1) is 0 Å². The molecule has 0 unspecified atom stereocenters. The fourth-order valence-corrected chi connectivity index (χ4v) is 6.51. The van der Waals surface area contributed by atoms with Gasteiger partial charge in [-0.05, 0) is 67.3 Å². The molecule has 1 saturated carbocycles. The lowest BCUT2D eigenvalue weighted by Gasteiger charge is -2.40. The quantitative estimate of drug-likeness (QED) is 0.627. The van der Waals surface area contributed by atoms with E-state index in [1.807, 2.05) is 64.4 Å². The third-order valence-electron chi connectivity index (χ3n) is 8.85. The Bertz CT molecular complexity index is 1140. The molecule has 5 rings (SSSR count). The number of hydrogen-bond acceptors (Lipinski definition) is 4. The van der Waals surface area contributed by atoms with Crippen LogP contribution in [0.3, 0.4) is 0 Å². The van der Waals surface area contributed by atoms with E-state index >= 15 is 0 Å². The number of ether oxygens (including phenoxy) is 1. The maximum absolute atomic E-state index is 13.7. The summed E-state index contributed by atoms with van der Waals surface area (Å²) in [4.78, 5) is 43.5. The first-order valence-corrected chi connectivity index (χ1v) is 14.0. The molecule has 202 valence electrons. The van der Waals surface area contributed by atoms with Crippen molar-refractivity contribution in [2.75, 3.05) is 33.3 Å². The maximum atomic E-state index is 13.7. The average Bonchev–Trinajstić information content (AvgIpc) is 3.37. The number of carbonyl (C=O) groups excluding carboxylic acids is 3. The van der Waals surface area contributed by atoms with Gasteiger partial charge in [0.1, 0.15) is 5.75 Å². The molecule has 0 bridgehead atoms. The largest absolute Gasteiger partial charge is 0.497 e. The first-order valence-electron chi connectivity index (χ1n) is 14.0. The van der Waals surface area contributed by atoms with Gasteiger partial charge in [0, 0.05) is 37.8 Å². The number of likely N-dealkylation sites (tertiary alicyclic amines) is 2. The summed E-state index contributed by atoms with van der Waals surface area (Å²) in [5, 5.41) is 3.17. The van der Waals surface area contributed by atoms with Crippen molar-refractivity contribution in [1.29, 1.82) is 0 Å². The van der Waals surface area contributed by atoms with Crippen molar-refractivity contribution in [3.8, 4) is 5.75 Å². The highest BCUT2D eigenvalue weighted by Gasteiger charge is 2.45. The zero-order valence-electron chi connectivity index (χ0n) is 22.4. The summed E-state index contributed by atoms with van der Waals surface area (Å²) in [5.41, 5.74) is 1.70. The van der Waals surface area contributed by atoms with E-state index in [9.17, 15) is 14.4 Å². The van der Waals surface area contributed by atoms with Crippen LogP contribution >= 0.6 is 0 Å². The summed E-state index contributed by atoms with van der Waals surface area (Å²) in [6.07, 6.45) is 6.97. The number of carbonyl (C=O) groups is 3. The molecule has 7 nitrogen and oxygen atoms in total. The van der Waals surface area contributed by atoms with Crippen molar-refractivity contribution >= 4 is 17.7 Å². The Balaban J connectivity index is 1.15. The van der Waals surface area contributed by atoms with Gasteiger partial charge < -0.3 is 19.9 Å². The van der Waals surface area contributed by atoms with E-state index in [-0.39, 0.29) is 35.1 Å². The second-order valence-corrected chi connectivity index (χ2v) is 11.3. The lowest BCUT2D eigenvalue weighted by Crippen LogP contribution is -2.50. The molecule has 2 heterocycles. The molecule has 2 aromatic carbocycles. The molecule has 7 heteroatoms. The number of nitrogens with one attached hydrogen (secondary N) is 1. The highest BCUT2D eigenvalue weighted by atomic mass is 16.5. The highest BCUT2D eigenvalue weighted by Crippen LogP contribution is 2.41. The topological polar surface area (TPSA) is 79.0 Å². The molecular weight excluding hydrogens is 478 g/mol. The Hall–Kier alpha value is -3.35. The molecule has 2 atom stereocenters. The molecule has 1 aliphatic carbocycles. The molecule has 2 aliphatic heterocycles. The first kappa shape index (κ1) is 26.3. The SMILES string of the molecule is COc1cccc(CC(=O)N2CCC3(CC2)CCN(C(=O)[C@H]2CCCC[C@H]2NC(=O)c2ccccc2)C3)c1. The summed E-state index contributed by atoms with van der Waals surface area (Å²) < 4.78 is 5.29. The number of hydrogen-bond donors (Lipinski definition) is 1. The molecule has 2 saturated heterocycles. The predicted octanol–water partition coefficient (Wildman–Crippen LogP) is 4.07. The van der Waals surface area contributed by atoms with Crippen molar-refractivity contribution in [3.63, 3.8) is 0 Å². The van der Waals surface area contributed by atoms with Crippen molar-refractivity contribution < 1.29 is 19.1 Å². The standard InChI is InChI=1S/C31H39N3O4/c1-38-25-11-7-8-23(20-25)21-28(35)33-17-14-31(15-18-33)16-19-34(22-31)30(37)26-12-5-6-13-27(26)32-29(36)24-9-3-2-4-10-24/h2-4,7-11,20,26-27H,5-6,12-19,21-22H2,1H3,(H,32,36)/t26-,27+/m0/s1. The molecule has 0 aromatic heterocycles. The molecule has 2 aromatic rings. The van der Waals surface area contributed by atoms with Gasteiger partial charge in [-0.3, -0.25) is 14.4 Å². The monoisotopic (exact) mass is 517 g/mol. The van der Waals surface area contributed by atoms with Crippen LogP contribution < -0.4 is 10.1 Å². The molecule has 3 aliphatic rings. The van der Waals surface area contributed by atoms with Gasteiger partial charge in [0.15, 0.2) is 0 Å². The maximum Gasteiger partial charge on any atom is 0.251 e. The van der Waals surface area contributed by atoms with E-state index in [1.54, 1.807) is 7.11 Å². The van der Waals surface area contributed by atoms with E-state index in [0.29, 0.717) is 12.0 Å². The number of rotatable bonds is 6. The van der Waals surface area contributed by atoms with Crippen LogP contribution in [0.25, 0.3) is 0 Å². The van der Waals surface area contributed by atoms with E-state index in [4.69, 9.17) is 4.74 Å². The van der Waals surface area contributed by atoms with Gasteiger partial charge in [-0.2, -0.15) is 0 Å². The van der Waals surface area contributed by atoms with Gasteiger partial charge in [0.2, 0.25) is 11.8 Å². The molecule has 1 N–H and O–H groups in total. The van der Waals surface area contributed by atoms with Crippen molar-refractivity contribution in [2.45, 2.75) is 57.4 Å². The van der Waals surface area contributed by atoms with Gasteiger partial charge >= 0.3 is 0 Å². The number of amides is 3. The molecule has 3 amide bonds. The molecule has 3 fully saturated rings. The minimum Gasteiger partial charge on any atom is -0.497 e.